The quantitative estimate of drug-likeness (QED) is 0.819. The van der Waals surface area contributed by atoms with E-state index in [0.717, 1.165) is 0 Å². The van der Waals surface area contributed by atoms with Crippen LogP contribution in [0.2, 0.25) is 0 Å². The molecule has 6 heteroatoms. The van der Waals surface area contributed by atoms with Gasteiger partial charge in [0.2, 0.25) is 10.0 Å². The van der Waals surface area contributed by atoms with Gasteiger partial charge in [0.25, 0.3) is 0 Å². The van der Waals surface area contributed by atoms with Crippen molar-refractivity contribution in [3.05, 3.63) is 30.3 Å². The zero-order valence-electron chi connectivity index (χ0n) is 10.2. The normalized spacial score (nSPS) is 11.2. The molecule has 0 unspecified atom stereocenters. The average Bonchev–Trinajstić information content (AvgIpc) is 2.29. The van der Waals surface area contributed by atoms with Crippen LogP contribution in [0, 0.1) is 0 Å². The summed E-state index contributed by atoms with van der Waals surface area (Å²) in [5.74, 6) is -0.996. The van der Waals surface area contributed by atoms with Crippen LogP contribution in [-0.4, -0.2) is 31.8 Å². The average molecular weight is 271 g/mol. The molecule has 0 heterocycles. The van der Waals surface area contributed by atoms with Gasteiger partial charge in [-0.15, -0.1) is 0 Å². The van der Waals surface area contributed by atoms with Crippen LogP contribution in [0.5, 0.6) is 0 Å². The second-order valence-corrected chi connectivity index (χ2v) is 5.88. The highest BCUT2D eigenvalue weighted by atomic mass is 32.2. The summed E-state index contributed by atoms with van der Waals surface area (Å²) >= 11 is 0. The molecule has 0 bridgehead atoms. The molecule has 0 amide bonds. The van der Waals surface area contributed by atoms with Gasteiger partial charge in [0.15, 0.2) is 0 Å². The summed E-state index contributed by atoms with van der Waals surface area (Å²) in [7, 11) is -3.45. The molecular formula is C12H17NO4S. The van der Waals surface area contributed by atoms with Crippen molar-refractivity contribution in [3.63, 3.8) is 0 Å². The minimum absolute atomic E-state index is 0.0154. The number of para-hydroxylation sites is 1. The molecule has 0 aromatic heterocycles. The van der Waals surface area contributed by atoms with Gasteiger partial charge in [-0.25, -0.2) is 8.42 Å². The molecule has 100 valence electrons. The van der Waals surface area contributed by atoms with Crippen molar-refractivity contribution in [1.29, 1.82) is 0 Å². The standard InChI is InChI=1S/C12H17NO4S/c1-2-10-18(16,17)13(9-8-12(14)15)11-6-4-3-5-7-11/h3-7H,2,8-10H2,1H3,(H,14,15). The lowest BCUT2D eigenvalue weighted by Gasteiger charge is -2.23. The molecule has 5 nitrogen and oxygen atoms in total. The first-order chi connectivity index (χ1) is 8.47. The molecule has 0 fully saturated rings. The van der Waals surface area contributed by atoms with Gasteiger partial charge in [-0.3, -0.25) is 9.10 Å². The summed E-state index contributed by atoms with van der Waals surface area (Å²) in [6.07, 6.45) is 0.288. The third-order valence-electron chi connectivity index (χ3n) is 2.37. The topological polar surface area (TPSA) is 74.7 Å². The number of carboxylic acid groups (broad SMARTS) is 1. The Bertz CT molecular complexity index is 484. The zero-order chi connectivity index (χ0) is 13.6. The third-order valence-corrected chi connectivity index (χ3v) is 4.36. The van der Waals surface area contributed by atoms with Crippen molar-refractivity contribution in [2.24, 2.45) is 0 Å². The predicted molar refractivity (Wildman–Crippen MR) is 70.1 cm³/mol. The van der Waals surface area contributed by atoms with Crippen molar-refractivity contribution in [2.75, 3.05) is 16.6 Å². The Hall–Kier alpha value is -1.56. The fourth-order valence-corrected chi connectivity index (χ4v) is 3.14. The van der Waals surface area contributed by atoms with E-state index in [0.29, 0.717) is 12.1 Å². The van der Waals surface area contributed by atoms with Gasteiger partial charge in [-0.05, 0) is 18.6 Å². The lowest BCUT2D eigenvalue weighted by atomic mass is 10.3. The molecule has 0 radical (unpaired) electrons. The minimum Gasteiger partial charge on any atom is -0.481 e. The number of nitrogens with zero attached hydrogens (tertiary/aromatic N) is 1. The first-order valence-corrected chi connectivity index (χ1v) is 7.35. The van der Waals surface area contributed by atoms with Crippen molar-refractivity contribution < 1.29 is 18.3 Å². The number of aliphatic carboxylic acids is 1. The summed E-state index contributed by atoms with van der Waals surface area (Å²) in [5.41, 5.74) is 0.507. The van der Waals surface area contributed by atoms with E-state index in [1.165, 1.54) is 4.31 Å². The van der Waals surface area contributed by atoms with Gasteiger partial charge in [0.05, 0.1) is 17.9 Å². The Labute approximate surface area is 107 Å². The Kier molecular flexibility index (Phi) is 5.15. The maximum absolute atomic E-state index is 12.1. The summed E-state index contributed by atoms with van der Waals surface area (Å²) in [5, 5.41) is 8.68. The van der Waals surface area contributed by atoms with Gasteiger partial charge in [-0.1, -0.05) is 25.1 Å². The molecule has 0 aliphatic carbocycles. The zero-order valence-corrected chi connectivity index (χ0v) is 11.1. The monoisotopic (exact) mass is 271 g/mol. The van der Waals surface area contributed by atoms with E-state index in [2.05, 4.69) is 0 Å². The summed E-state index contributed by atoms with van der Waals surface area (Å²) in [6.45, 7) is 1.74. The van der Waals surface area contributed by atoms with E-state index in [9.17, 15) is 13.2 Å². The predicted octanol–water partition coefficient (Wildman–Crippen LogP) is 1.71. The highest BCUT2D eigenvalue weighted by molar-refractivity contribution is 7.92. The summed E-state index contributed by atoms with van der Waals surface area (Å²) in [4.78, 5) is 10.6. The molecule has 0 saturated heterocycles. The van der Waals surface area contributed by atoms with Crippen LogP contribution < -0.4 is 4.31 Å². The molecular weight excluding hydrogens is 254 g/mol. The van der Waals surface area contributed by atoms with Crippen molar-refractivity contribution in [3.8, 4) is 0 Å². The maximum atomic E-state index is 12.1. The third kappa shape index (κ3) is 4.03. The minimum atomic E-state index is -3.45. The lowest BCUT2D eigenvalue weighted by Crippen LogP contribution is -2.34. The number of hydrogen-bond donors (Lipinski definition) is 1. The lowest BCUT2D eigenvalue weighted by molar-refractivity contribution is -0.136. The number of benzene rings is 1. The van der Waals surface area contributed by atoms with Gasteiger partial charge < -0.3 is 5.11 Å². The van der Waals surface area contributed by atoms with E-state index >= 15 is 0 Å². The van der Waals surface area contributed by atoms with E-state index in [1.807, 2.05) is 0 Å². The molecule has 0 spiro atoms. The highest BCUT2D eigenvalue weighted by Gasteiger charge is 2.21. The fourth-order valence-electron chi connectivity index (χ4n) is 1.59. The first kappa shape index (κ1) is 14.5. The number of sulfonamides is 1. The van der Waals surface area contributed by atoms with Crippen LogP contribution >= 0.6 is 0 Å². The van der Waals surface area contributed by atoms with Crippen LogP contribution in [0.1, 0.15) is 19.8 Å². The molecule has 1 aromatic rings. The Balaban J connectivity index is 2.99. The number of hydrogen-bond acceptors (Lipinski definition) is 3. The van der Waals surface area contributed by atoms with E-state index in [-0.39, 0.29) is 18.7 Å². The second kappa shape index (κ2) is 6.39. The SMILES string of the molecule is CCCS(=O)(=O)N(CCC(=O)O)c1ccccc1. The number of rotatable bonds is 7. The number of carboxylic acids is 1. The largest absolute Gasteiger partial charge is 0.481 e. The molecule has 0 saturated carbocycles. The second-order valence-electron chi connectivity index (χ2n) is 3.87. The molecule has 0 aliphatic heterocycles. The summed E-state index contributed by atoms with van der Waals surface area (Å²) in [6, 6.07) is 8.56. The molecule has 0 atom stereocenters. The van der Waals surface area contributed by atoms with Gasteiger partial charge in [-0.2, -0.15) is 0 Å². The van der Waals surface area contributed by atoms with E-state index < -0.39 is 16.0 Å². The molecule has 18 heavy (non-hydrogen) atoms. The maximum Gasteiger partial charge on any atom is 0.305 e. The molecule has 1 aromatic carbocycles. The van der Waals surface area contributed by atoms with Gasteiger partial charge >= 0.3 is 5.97 Å². The van der Waals surface area contributed by atoms with Gasteiger partial charge in [0.1, 0.15) is 0 Å². The van der Waals surface area contributed by atoms with Gasteiger partial charge in [0, 0.05) is 6.54 Å². The molecule has 0 aliphatic rings. The number of anilines is 1. The van der Waals surface area contributed by atoms with Crippen molar-refractivity contribution in [2.45, 2.75) is 19.8 Å². The fraction of sp³-hybridized carbons (Fsp3) is 0.417. The van der Waals surface area contributed by atoms with Crippen molar-refractivity contribution >= 4 is 21.7 Å². The Morgan fingerprint density at radius 3 is 2.39 bits per heavy atom. The summed E-state index contributed by atoms with van der Waals surface area (Å²) < 4.78 is 25.3. The van der Waals surface area contributed by atoms with Crippen molar-refractivity contribution in [1.82, 2.24) is 0 Å². The van der Waals surface area contributed by atoms with Crippen LogP contribution in [0.3, 0.4) is 0 Å². The first-order valence-electron chi connectivity index (χ1n) is 5.74. The molecule has 1 rings (SSSR count). The van der Waals surface area contributed by atoms with Crippen LogP contribution in [0.25, 0.3) is 0 Å². The van der Waals surface area contributed by atoms with Crippen LogP contribution in [0.15, 0.2) is 30.3 Å². The van der Waals surface area contributed by atoms with Crippen LogP contribution in [0.4, 0.5) is 5.69 Å². The highest BCUT2D eigenvalue weighted by Crippen LogP contribution is 2.18. The van der Waals surface area contributed by atoms with Crippen LogP contribution in [-0.2, 0) is 14.8 Å². The Morgan fingerprint density at radius 1 is 1.28 bits per heavy atom. The smallest absolute Gasteiger partial charge is 0.305 e. The van der Waals surface area contributed by atoms with E-state index in [4.69, 9.17) is 5.11 Å². The van der Waals surface area contributed by atoms with E-state index in [1.54, 1.807) is 37.3 Å². The molecule has 1 N–H and O–H groups in total. The number of carbonyl (C=O) groups is 1. The Morgan fingerprint density at radius 2 is 1.89 bits per heavy atom.